The highest BCUT2D eigenvalue weighted by Gasteiger charge is 2.18. The van der Waals surface area contributed by atoms with Gasteiger partial charge in [-0.25, -0.2) is 15.0 Å². The molecule has 0 amide bonds. The Morgan fingerprint density at radius 3 is 1.07 bits per heavy atom. The highest BCUT2D eigenvalue weighted by Crippen LogP contribution is 2.38. The van der Waals surface area contributed by atoms with E-state index in [1.807, 2.05) is 24.3 Å². The van der Waals surface area contributed by atoms with Gasteiger partial charge in [0.15, 0.2) is 17.5 Å². The summed E-state index contributed by atoms with van der Waals surface area (Å²) in [5.74, 6) is 1.87. The summed E-state index contributed by atoms with van der Waals surface area (Å²) >= 11 is 0. The van der Waals surface area contributed by atoms with Gasteiger partial charge in [0.2, 0.25) is 0 Å². The first-order valence-electron chi connectivity index (χ1n) is 22.7. The van der Waals surface area contributed by atoms with E-state index in [0.29, 0.717) is 17.5 Å². The molecule has 314 valence electrons. The lowest BCUT2D eigenvalue weighted by Crippen LogP contribution is -2.00. The molecular formula is C63H42N4. The van der Waals surface area contributed by atoms with Gasteiger partial charge in [-0.15, -0.1) is 0 Å². The lowest BCUT2D eigenvalue weighted by Gasteiger charge is -2.12. The van der Waals surface area contributed by atoms with Crippen LogP contribution in [-0.4, -0.2) is 19.5 Å². The second-order valence-electron chi connectivity index (χ2n) is 16.9. The van der Waals surface area contributed by atoms with Crippen molar-refractivity contribution >= 4 is 21.8 Å². The van der Waals surface area contributed by atoms with Crippen molar-refractivity contribution in [2.24, 2.45) is 0 Å². The summed E-state index contributed by atoms with van der Waals surface area (Å²) in [6.07, 6.45) is 0. The molecule has 0 saturated carbocycles. The molecule has 0 atom stereocenters. The number of hydrogen-bond donors (Lipinski definition) is 0. The number of benzene rings is 10. The Morgan fingerprint density at radius 2 is 0.552 bits per heavy atom. The van der Waals surface area contributed by atoms with Crippen LogP contribution in [0.4, 0.5) is 0 Å². The van der Waals surface area contributed by atoms with Crippen molar-refractivity contribution in [3.63, 3.8) is 0 Å². The molecule has 0 unspecified atom stereocenters. The van der Waals surface area contributed by atoms with E-state index in [4.69, 9.17) is 15.0 Å². The summed E-state index contributed by atoms with van der Waals surface area (Å²) in [5, 5.41) is 2.32. The Balaban J connectivity index is 0.992. The summed E-state index contributed by atoms with van der Waals surface area (Å²) in [5.41, 5.74) is 17.8. The van der Waals surface area contributed by atoms with Crippen LogP contribution in [0, 0.1) is 0 Å². The van der Waals surface area contributed by atoms with Crippen LogP contribution in [0.1, 0.15) is 0 Å². The van der Waals surface area contributed by atoms with Gasteiger partial charge in [-0.3, -0.25) is 0 Å². The van der Waals surface area contributed by atoms with Crippen LogP contribution < -0.4 is 0 Å². The maximum atomic E-state index is 5.19. The molecular weight excluding hydrogens is 813 g/mol. The second kappa shape index (κ2) is 17.2. The van der Waals surface area contributed by atoms with Gasteiger partial charge in [0.1, 0.15) is 0 Å². The number of nitrogens with zero attached hydrogens (tertiary/aromatic N) is 4. The molecule has 4 heteroatoms. The van der Waals surface area contributed by atoms with Crippen molar-refractivity contribution in [3.05, 3.63) is 255 Å². The van der Waals surface area contributed by atoms with Crippen molar-refractivity contribution < 1.29 is 0 Å². The Bertz CT molecular complexity index is 3680. The van der Waals surface area contributed by atoms with Crippen LogP contribution in [-0.2, 0) is 0 Å². The molecule has 2 aromatic heterocycles. The minimum atomic E-state index is 0.613. The normalized spacial score (nSPS) is 11.3. The molecule has 0 N–H and O–H groups in total. The van der Waals surface area contributed by atoms with Gasteiger partial charge in [-0.2, -0.15) is 0 Å². The maximum absolute atomic E-state index is 5.19. The van der Waals surface area contributed by atoms with Gasteiger partial charge in [-0.1, -0.05) is 218 Å². The van der Waals surface area contributed by atoms with Gasteiger partial charge < -0.3 is 4.57 Å². The number of rotatable bonds is 9. The SMILES string of the molecule is c1ccc(-c2ccc(-c3ccc4c(c3)c3ccc(-c5nc(-c6ccccc6)nc(-c6ccc(-c7ccccc7)cc6)n5)cc3n4-c3ccc(-c4cccc(-c5ccccc5)c4)cc3)cc2)cc1. The van der Waals surface area contributed by atoms with E-state index >= 15 is 0 Å². The molecule has 4 nitrogen and oxygen atoms in total. The largest absolute Gasteiger partial charge is 0.309 e. The van der Waals surface area contributed by atoms with Crippen molar-refractivity contribution in [2.45, 2.75) is 0 Å². The van der Waals surface area contributed by atoms with E-state index in [2.05, 4.69) is 235 Å². The molecule has 12 rings (SSSR count). The highest BCUT2D eigenvalue weighted by atomic mass is 15.0. The molecule has 0 bridgehead atoms. The lowest BCUT2D eigenvalue weighted by molar-refractivity contribution is 1.07. The van der Waals surface area contributed by atoms with Crippen molar-refractivity contribution in [2.75, 3.05) is 0 Å². The predicted octanol–water partition coefficient (Wildman–Crippen LogP) is 16.3. The number of hydrogen-bond acceptors (Lipinski definition) is 3. The summed E-state index contributed by atoms with van der Waals surface area (Å²) in [4.78, 5) is 15.4. The smallest absolute Gasteiger partial charge is 0.164 e. The first-order chi connectivity index (χ1) is 33.2. The number of fused-ring (bicyclic) bond motifs is 3. The maximum Gasteiger partial charge on any atom is 0.164 e. The first-order valence-corrected chi connectivity index (χ1v) is 22.7. The zero-order valence-electron chi connectivity index (χ0n) is 36.5. The lowest BCUT2D eigenvalue weighted by atomic mass is 9.99. The Labute approximate surface area is 389 Å². The molecule has 10 aromatic carbocycles. The summed E-state index contributed by atoms with van der Waals surface area (Å²) in [6, 6.07) is 90.2. The van der Waals surface area contributed by atoms with E-state index in [-0.39, 0.29) is 0 Å². The third kappa shape index (κ3) is 7.77. The predicted molar refractivity (Wildman–Crippen MR) is 278 cm³/mol. The summed E-state index contributed by atoms with van der Waals surface area (Å²) in [6.45, 7) is 0. The molecule has 0 radical (unpaired) electrons. The van der Waals surface area contributed by atoms with Gasteiger partial charge in [0.05, 0.1) is 11.0 Å². The van der Waals surface area contributed by atoms with Gasteiger partial charge in [-0.05, 0) is 92.0 Å². The third-order valence-electron chi connectivity index (χ3n) is 12.7. The van der Waals surface area contributed by atoms with E-state index in [1.54, 1.807) is 0 Å². The molecule has 0 aliphatic carbocycles. The topological polar surface area (TPSA) is 43.6 Å². The van der Waals surface area contributed by atoms with Crippen LogP contribution in [0.2, 0.25) is 0 Å². The van der Waals surface area contributed by atoms with Crippen LogP contribution in [0.15, 0.2) is 255 Å². The van der Waals surface area contributed by atoms with E-state index in [9.17, 15) is 0 Å². The fourth-order valence-electron chi connectivity index (χ4n) is 9.21. The summed E-state index contributed by atoms with van der Waals surface area (Å²) in [7, 11) is 0. The molecule has 67 heavy (non-hydrogen) atoms. The fraction of sp³-hybridized carbons (Fsp3) is 0. The van der Waals surface area contributed by atoms with Crippen molar-refractivity contribution in [1.82, 2.24) is 19.5 Å². The Morgan fingerprint density at radius 1 is 0.209 bits per heavy atom. The Hall–Kier alpha value is -8.99. The first kappa shape index (κ1) is 39.6. The van der Waals surface area contributed by atoms with Crippen molar-refractivity contribution in [3.8, 4) is 95.5 Å². The van der Waals surface area contributed by atoms with E-state index < -0.39 is 0 Å². The zero-order valence-corrected chi connectivity index (χ0v) is 36.5. The van der Waals surface area contributed by atoms with Crippen LogP contribution in [0.3, 0.4) is 0 Å². The van der Waals surface area contributed by atoms with Gasteiger partial charge in [0.25, 0.3) is 0 Å². The van der Waals surface area contributed by atoms with Crippen molar-refractivity contribution in [1.29, 1.82) is 0 Å². The third-order valence-corrected chi connectivity index (χ3v) is 12.7. The minimum absolute atomic E-state index is 0.613. The monoisotopic (exact) mass is 854 g/mol. The van der Waals surface area contributed by atoms with Gasteiger partial charge >= 0.3 is 0 Å². The van der Waals surface area contributed by atoms with E-state index in [1.165, 1.54) is 44.3 Å². The molecule has 0 spiro atoms. The molecule has 0 aliphatic rings. The molecule has 0 saturated heterocycles. The number of aromatic nitrogens is 4. The highest BCUT2D eigenvalue weighted by molar-refractivity contribution is 6.11. The molecule has 2 heterocycles. The zero-order chi connectivity index (χ0) is 44.5. The van der Waals surface area contributed by atoms with Crippen LogP contribution in [0.25, 0.3) is 117 Å². The standard InChI is InChI=1S/C63H42N4/c1-5-14-43(15-6-1)46-24-26-48(27-25-46)54-35-39-59-58(41-54)57-38-34-55(42-60(57)67(59)56-36-32-49(33-37-56)53-23-13-22-52(40-53)45-18-9-3-10-19-45)63-65-61(50-20-11-4-12-21-50)64-62(66-63)51-30-28-47(29-31-51)44-16-7-2-8-17-44/h1-42H. The average molecular weight is 855 g/mol. The second-order valence-corrected chi connectivity index (χ2v) is 16.9. The van der Waals surface area contributed by atoms with Crippen LogP contribution in [0.5, 0.6) is 0 Å². The average Bonchev–Trinajstić information content (AvgIpc) is 3.75. The van der Waals surface area contributed by atoms with Gasteiger partial charge in [0, 0.05) is 33.2 Å². The van der Waals surface area contributed by atoms with E-state index in [0.717, 1.165) is 55.5 Å². The fourth-order valence-corrected chi connectivity index (χ4v) is 9.21. The summed E-state index contributed by atoms with van der Waals surface area (Å²) < 4.78 is 2.38. The molecule has 12 aromatic rings. The molecule has 0 fully saturated rings. The minimum Gasteiger partial charge on any atom is -0.309 e. The molecule has 0 aliphatic heterocycles. The Kier molecular flexibility index (Phi) is 10.2. The van der Waals surface area contributed by atoms with Crippen LogP contribution >= 0.6 is 0 Å². The quantitative estimate of drug-likeness (QED) is 0.145.